The molecule has 0 aromatic carbocycles. The van der Waals surface area contributed by atoms with E-state index >= 15 is 0 Å². The van der Waals surface area contributed by atoms with E-state index in [-0.39, 0.29) is 0 Å². The molecule has 0 radical (unpaired) electrons. The molecule has 0 bridgehead atoms. The van der Waals surface area contributed by atoms with Crippen molar-refractivity contribution in [3.63, 3.8) is 0 Å². The van der Waals surface area contributed by atoms with E-state index < -0.39 is 0 Å². The molecule has 2 rings (SSSR count). The lowest BCUT2D eigenvalue weighted by Gasteiger charge is -2.58. The summed E-state index contributed by atoms with van der Waals surface area (Å²) in [7, 11) is 1.84. The number of methoxy groups -OCH3 is 1. The van der Waals surface area contributed by atoms with Crippen molar-refractivity contribution in [3.8, 4) is 0 Å². The van der Waals surface area contributed by atoms with Gasteiger partial charge >= 0.3 is 0 Å². The quantitative estimate of drug-likeness (QED) is 0.519. The van der Waals surface area contributed by atoms with Crippen LogP contribution < -0.4 is 0 Å². The molecule has 2 fully saturated rings. The van der Waals surface area contributed by atoms with Crippen LogP contribution in [-0.2, 0) is 14.2 Å². The van der Waals surface area contributed by atoms with Crippen molar-refractivity contribution in [1.29, 1.82) is 0 Å². The molecular weight excluding hydrogens is 266 g/mol. The average Bonchev–Trinajstić information content (AvgIpc) is 2.40. The first kappa shape index (κ1) is 17.2. The lowest BCUT2D eigenvalue weighted by atomic mass is 9.62. The summed E-state index contributed by atoms with van der Waals surface area (Å²) >= 11 is 0. The SMILES string of the molecule is CCOCCCCOCCCCN1CC2(CC(OC)C2)C1. The summed E-state index contributed by atoms with van der Waals surface area (Å²) in [4.78, 5) is 2.59. The smallest absolute Gasteiger partial charge is 0.0583 e. The molecule has 1 aliphatic heterocycles. The average molecular weight is 299 g/mol. The van der Waals surface area contributed by atoms with E-state index in [0.717, 1.165) is 39.3 Å². The van der Waals surface area contributed by atoms with Gasteiger partial charge in [-0.15, -0.1) is 0 Å². The van der Waals surface area contributed by atoms with Crippen LogP contribution in [0, 0.1) is 5.41 Å². The van der Waals surface area contributed by atoms with Crippen LogP contribution in [0.5, 0.6) is 0 Å². The minimum atomic E-state index is 0.545. The van der Waals surface area contributed by atoms with Crippen LogP contribution >= 0.6 is 0 Å². The zero-order valence-corrected chi connectivity index (χ0v) is 13.9. The van der Waals surface area contributed by atoms with Gasteiger partial charge in [0, 0.05) is 52.0 Å². The van der Waals surface area contributed by atoms with Gasteiger partial charge in [0.05, 0.1) is 6.10 Å². The van der Waals surface area contributed by atoms with Gasteiger partial charge in [0.25, 0.3) is 0 Å². The first-order chi connectivity index (χ1) is 10.3. The van der Waals surface area contributed by atoms with Crippen molar-refractivity contribution in [3.05, 3.63) is 0 Å². The number of ether oxygens (including phenoxy) is 3. The number of unbranched alkanes of at least 4 members (excludes halogenated alkanes) is 2. The molecule has 0 unspecified atom stereocenters. The van der Waals surface area contributed by atoms with Crippen LogP contribution in [0.25, 0.3) is 0 Å². The molecule has 4 heteroatoms. The number of rotatable bonds is 12. The molecule has 1 aliphatic carbocycles. The number of nitrogens with zero attached hydrogens (tertiary/aromatic N) is 1. The molecule has 0 amide bonds. The molecule has 1 spiro atoms. The Morgan fingerprint density at radius 2 is 1.57 bits per heavy atom. The highest BCUT2D eigenvalue weighted by Gasteiger charge is 2.51. The standard InChI is InChI=1S/C17H33NO3/c1-3-20-9-6-7-11-21-10-5-4-8-18-14-17(15-18)12-16(13-17)19-2/h16H,3-15H2,1-2H3. The Morgan fingerprint density at radius 1 is 0.952 bits per heavy atom. The van der Waals surface area contributed by atoms with E-state index in [1.165, 1.54) is 45.3 Å². The molecule has 4 nitrogen and oxygen atoms in total. The van der Waals surface area contributed by atoms with Crippen LogP contribution in [0.2, 0.25) is 0 Å². The van der Waals surface area contributed by atoms with Gasteiger partial charge in [0.1, 0.15) is 0 Å². The number of likely N-dealkylation sites (tertiary alicyclic amines) is 1. The maximum absolute atomic E-state index is 5.66. The van der Waals surface area contributed by atoms with Gasteiger partial charge in [-0.25, -0.2) is 0 Å². The van der Waals surface area contributed by atoms with Crippen molar-refractivity contribution in [2.24, 2.45) is 5.41 Å². The molecule has 0 N–H and O–H groups in total. The summed E-state index contributed by atoms with van der Waals surface area (Å²) in [5.74, 6) is 0. The lowest BCUT2D eigenvalue weighted by Crippen LogP contribution is -2.63. The highest BCUT2D eigenvalue weighted by atomic mass is 16.5. The zero-order chi connectivity index (χ0) is 15.0. The van der Waals surface area contributed by atoms with Crippen molar-refractivity contribution < 1.29 is 14.2 Å². The van der Waals surface area contributed by atoms with Gasteiger partial charge in [0.15, 0.2) is 0 Å². The van der Waals surface area contributed by atoms with E-state index in [1.54, 1.807) is 0 Å². The van der Waals surface area contributed by atoms with E-state index in [9.17, 15) is 0 Å². The van der Waals surface area contributed by atoms with Crippen molar-refractivity contribution >= 4 is 0 Å². The second-order valence-corrected chi connectivity index (χ2v) is 6.70. The first-order valence-corrected chi connectivity index (χ1v) is 8.69. The Balaban J connectivity index is 1.31. The maximum atomic E-state index is 5.66. The Kier molecular flexibility index (Phi) is 7.44. The Labute approximate surface area is 130 Å². The number of hydrogen-bond acceptors (Lipinski definition) is 4. The Morgan fingerprint density at radius 3 is 2.19 bits per heavy atom. The van der Waals surface area contributed by atoms with Gasteiger partial charge in [-0.05, 0) is 52.0 Å². The normalized spacial score (nSPS) is 21.4. The van der Waals surface area contributed by atoms with E-state index in [2.05, 4.69) is 4.90 Å². The Hall–Kier alpha value is -0.160. The molecule has 0 atom stereocenters. The van der Waals surface area contributed by atoms with Crippen LogP contribution in [-0.4, -0.2) is 64.2 Å². The molecule has 0 aromatic heterocycles. The summed E-state index contributed by atoms with van der Waals surface area (Å²) in [6, 6.07) is 0. The molecule has 2 aliphatic rings. The molecule has 1 saturated heterocycles. The molecule has 124 valence electrons. The van der Waals surface area contributed by atoms with Gasteiger partial charge in [-0.2, -0.15) is 0 Å². The van der Waals surface area contributed by atoms with Gasteiger partial charge in [-0.1, -0.05) is 0 Å². The summed E-state index contributed by atoms with van der Waals surface area (Å²) in [5.41, 5.74) is 0.637. The Bertz CT molecular complexity index is 271. The van der Waals surface area contributed by atoms with Crippen LogP contribution in [0.15, 0.2) is 0 Å². The van der Waals surface area contributed by atoms with E-state index in [1.807, 2.05) is 14.0 Å². The summed E-state index contributed by atoms with van der Waals surface area (Å²) in [5, 5.41) is 0. The largest absolute Gasteiger partial charge is 0.382 e. The van der Waals surface area contributed by atoms with E-state index in [4.69, 9.17) is 14.2 Å². The molecule has 1 heterocycles. The van der Waals surface area contributed by atoms with Crippen LogP contribution in [0.1, 0.15) is 45.4 Å². The zero-order valence-electron chi connectivity index (χ0n) is 13.9. The topological polar surface area (TPSA) is 30.9 Å². The molecule has 1 saturated carbocycles. The third kappa shape index (κ3) is 5.51. The maximum Gasteiger partial charge on any atom is 0.0583 e. The minimum Gasteiger partial charge on any atom is -0.382 e. The van der Waals surface area contributed by atoms with Gasteiger partial charge in [-0.3, -0.25) is 0 Å². The van der Waals surface area contributed by atoms with Gasteiger partial charge in [0.2, 0.25) is 0 Å². The second-order valence-electron chi connectivity index (χ2n) is 6.70. The van der Waals surface area contributed by atoms with Crippen LogP contribution in [0.4, 0.5) is 0 Å². The minimum absolute atomic E-state index is 0.545. The fourth-order valence-electron chi connectivity index (χ4n) is 3.59. The third-order valence-electron chi connectivity index (χ3n) is 4.82. The molecule has 21 heavy (non-hydrogen) atoms. The fourth-order valence-corrected chi connectivity index (χ4v) is 3.59. The van der Waals surface area contributed by atoms with Crippen molar-refractivity contribution in [1.82, 2.24) is 4.90 Å². The van der Waals surface area contributed by atoms with E-state index in [0.29, 0.717) is 11.5 Å². The highest BCUT2D eigenvalue weighted by molar-refractivity contribution is 5.04. The summed E-state index contributed by atoms with van der Waals surface area (Å²) in [6.07, 6.45) is 7.80. The molecule has 0 aromatic rings. The fraction of sp³-hybridized carbons (Fsp3) is 1.00. The summed E-state index contributed by atoms with van der Waals surface area (Å²) in [6.45, 7) is 9.38. The predicted molar refractivity (Wildman–Crippen MR) is 84.7 cm³/mol. The van der Waals surface area contributed by atoms with Crippen LogP contribution in [0.3, 0.4) is 0 Å². The highest BCUT2D eigenvalue weighted by Crippen LogP contribution is 2.49. The van der Waals surface area contributed by atoms with Crippen molar-refractivity contribution in [2.45, 2.75) is 51.6 Å². The second kappa shape index (κ2) is 9.09. The van der Waals surface area contributed by atoms with Crippen molar-refractivity contribution in [2.75, 3.05) is 53.2 Å². The third-order valence-corrected chi connectivity index (χ3v) is 4.82. The monoisotopic (exact) mass is 299 g/mol. The first-order valence-electron chi connectivity index (χ1n) is 8.69. The summed E-state index contributed by atoms with van der Waals surface area (Å²) < 4.78 is 16.3. The van der Waals surface area contributed by atoms with Gasteiger partial charge < -0.3 is 19.1 Å². The predicted octanol–water partition coefficient (Wildman–Crippen LogP) is 2.71. The molecular formula is C17H33NO3. The number of hydrogen-bond donors (Lipinski definition) is 0. The lowest BCUT2D eigenvalue weighted by molar-refractivity contribution is -0.140.